The lowest BCUT2D eigenvalue weighted by Gasteiger charge is -2.27. The third-order valence-electron chi connectivity index (χ3n) is 2.37. The van der Waals surface area contributed by atoms with Crippen LogP contribution in [-0.2, 0) is 9.53 Å². The molecule has 0 aromatic heterocycles. The Morgan fingerprint density at radius 2 is 2.42 bits per heavy atom. The Morgan fingerprint density at radius 3 is 3.00 bits per heavy atom. The molecular weight excluding hydrogens is 154 g/mol. The van der Waals surface area contributed by atoms with Crippen LogP contribution in [0.4, 0.5) is 0 Å². The maximum atomic E-state index is 11.4. The summed E-state index contributed by atoms with van der Waals surface area (Å²) >= 11 is 0. The lowest BCUT2D eigenvalue weighted by atomic mass is 9.88. The van der Waals surface area contributed by atoms with Crippen LogP contribution in [0.5, 0.6) is 0 Å². The van der Waals surface area contributed by atoms with Crippen molar-refractivity contribution in [1.82, 2.24) is 5.32 Å². The molecule has 1 N–H and O–H groups in total. The van der Waals surface area contributed by atoms with E-state index in [4.69, 9.17) is 4.74 Å². The average Bonchev–Trinajstić information content (AvgIpc) is 2.05. The van der Waals surface area contributed by atoms with Crippen LogP contribution in [0, 0.1) is 11.8 Å². The van der Waals surface area contributed by atoms with E-state index in [0.29, 0.717) is 12.5 Å². The molecule has 1 aliphatic heterocycles. The molecule has 0 bridgehead atoms. The smallest absolute Gasteiger partial charge is 0.309 e. The van der Waals surface area contributed by atoms with Gasteiger partial charge in [-0.15, -0.1) is 0 Å². The van der Waals surface area contributed by atoms with Gasteiger partial charge >= 0.3 is 5.97 Å². The summed E-state index contributed by atoms with van der Waals surface area (Å²) in [5.41, 5.74) is 0. The molecule has 2 atom stereocenters. The summed E-state index contributed by atoms with van der Waals surface area (Å²) < 4.78 is 4.99. The Bertz CT molecular complexity index is 159. The van der Waals surface area contributed by atoms with Crippen LogP contribution in [0.15, 0.2) is 0 Å². The molecule has 1 fully saturated rings. The van der Waals surface area contributed by atoms with Crippen molar-refractivity contribution in [2.24, 2.45) is 11.8 Å². The van der Waals surface area contributed by atoms with Crippen molar-refractivity contribution in [3.8, 4) is 0 Å². The van der Waals surface area contributed by atoms with Gasteiger partial charge < -0.3 is 10.1 Å². The summed E-state index contributed by atoms with van der Waals surface area (Å²) in [6, 6.07) is 0. The molecule has 0 aromatic carbocycles. The minimum absolute atomic E-state index is 0.0218. The highest BCUT2D eigenvalue weighted by atomic mass is 16.5. The van der Waals surface area contributed by atoms with Gasteiger partial charge in [0.2, 0.25) is 0 Å². The zero-order valence-electron chi connectivity index (χ0n) is 7.80. The number of esters is 1. The lowest BCUT2D eigenvalue weighted by Crippen LogP contribution is -2.39. The molecule has 0 spiro atoms. The molecule has 3 heteroatoms. The van der Waals surface area contributed by atoms with Gasteiger partial charge in [-0.2, -0.15) is 0 Å². The van der Waals surface area contributed by atoms with Crippen molar-refractivity contribution in [2.45, 2.75) is 20.3 Å². The first-order valence-electron chi connectivity index (χ1n) is 4.63. The number of hydrogen-bond acceptors (Lipinski definition) is 3. The van der Waals surface area contributed by atoms with Crippen molar-refractivity contribution in [1.29, 1.82) is 0 Å². The van der Waals surface area contributed by atoms with E-state index in [9.17, 15) is 4.79 Å². The summed E-state index contributed by atoms with van der Waals surface area (Å²) in [6.07, 6.45) is 0.917. The van der Waals surface area contributed by atoms with E-state index < -0.39 is 0 Å². The Balaban J connectivity index is 2.42. The van der Waals surface area contributed by atoms with E-state index in [2.05, 4.69) is 12.2 Å². The lowest BCUT2D eigenvalue weighted by molar-refractivity contribution is -0.150. The van der Waals surface area contributed by atoms with Crippen LogP contribution in [-0.4, -0.2) is 25.7 Å². The Morgan fingerprint density at radius 1 is 1.67 bits per heavy atom. The van der Waals surface area contributed by atoms with Crippen LogP contribution < -0.4 is 5.32 Å². The molecule has 0 amide bonds. The van der Waals surface area contributed by atoms with E-state index in [1.807, 2.05) is 6.92 Å². The molecule has 3 nitrogen and oxygen atoms in total. The summed E-state index contributed by atoms with van der Waals surface area (Å²) in [5, 5.41) is 3.25. The fourth-order valence-electron chi connectivity index (χ4n) is 1.61. The Kier molecular flexibility index (Phi) is 3.53. The van der Waals surface area contributed by atoms with Crippen molar-refractivity contribution >= 4 is 5.97 Å². The van der Waals surface area contributed by atoms with Crippen molar-refractivity contribution < 1.29 is 9.53 Å². The zero-order valence-corrected chi connectivity index (χ0v) is 7.80. The molecule has 0 aromatic rings. The first kappa shape index (κ1) is 9.52. The monoisotopic (exact) mass is 171 g/mol. The predicted octanol–water partition coefficient (Wildman–Crippen LogP) is 0.795. The Hall–Kier alpha value is -0.570. The normalized spacial score (nSPS) is 29.8. The average molecular weight is 171 g/mol. The minimum Gasteiger partial charge on any atom is -0.466 e. The van der Waals surface area contributed by atoms with Gasteiger partial charge in [0.1, 0.15) is 0 Å². The van der Waals surface area contributed by atoms with E-state index in [1.165, 1.54) is 0 Å². The van der Waals surface area contributed by atoms with E-state index >= 15 is 0 Å². The van der Waals surface area contributed by atoms with Gasteiger partial charge in [-0.05, 0) is 32.4 Å². The molecule has 0 radical (unpaired) electrons. The van der Waals surface area contributed by atoms with Crippen LogP contribution in [0.25, 0.3) is 0 Å². The first-order chi connectivity index (χ1) is 5.75. The van der Waals surface area contributed by atoms with Crippen LogP contribution in [0.1, 0.15) is 20.3 Å². The molecule has 1 heterocycles. The van der Waals surface area contributed by atoms with E-state index in [0.717, 1.165) is 19.5 Å². The number of carbonyl (C=O) groups is 1. The molecule has 12 heavy (non-hydrogen) atoms. The standard InChI is InChI=1S/C9H17NO2/c1-3-12-9(11)8-4-5-10-6-7(8)2/h7-8,10H,3-6H2,1-2H3/t7-,8?/m0/s1. The fourth-order valence-corrected chi connectivity index (χ4v) is 1.61. The number of hydrogen-bond donors (Lipinski definition) is 1. The molecule has 0 aliphatic carbocycles. The van der Waals surface area contributed by atoms with Gasteiger partial charge in [-0.25, -0.2) is 0 Å². The predicted molar refractivity (Wildman–Crippen MR) is 46.8 cm³/mol. The molecular formula is C9H17NO2. The summed E-state index contributed by atoms with van der Waals surface area (Å²) in [5.74, 6) is 0.510. The third-order valence-corrected chi connectivity index (χ3v) is 2.37. The van der Waals surface area contributed by atoms with Crippen LogP contribution in [0.3, 0.4) is 0 Å². The zero-order chi connectivity index (χ0) is 8.97. The highest BCUT2D eigenvalue weighted by molar-refractivity contribution is 5.72. The largest absolute Gasteiger partial charge is 0.466 e. The van der Waals surface area contributed by atoms with Crippen molar-refractivity contribution in [3.05, 3.63) is 0 Å². The fraction of sp³-hybridized carbons (Fsp3) is 0.889. The maximum absolute atomic E-state index is 11.4. The topological polar surface area (TPSA) is 38.3 Å². The van der Waals surface area contributed by atoms with E-state index in [1.54, 1.807) is 0 Å². The number of piperidine rings is 1. The maximum Gasteiger partial charge on any atom is 0.309 e. The molecule has 1 unspecified atom stereocenters. The summed E-state index contributed by atoms with van der Waals surface area (Å²) in [4.78, 5) is 11.4. The number of carbonyl (C=O) groups excluding carboxylic acids is 1. The quantitative estimate of drug-likeness (QED) is 0.624. The highest BCUT2D eigenvalue weighted by Crippen LogP contribution is 2.19. The summed E-state index contributed by atoms with van der Waals surface area (Å²) in [6.45, 7) is 6.31. The first-order valence-corrected chi connectivity index (χ1v) is 4.63. The number of nitrogens with one attached hydrogen (secondary N) is 1. The second-order valence-electron chi connectivity index (χ2n) is 3.33. The van der Waals surface area contributed by atoms with Gasteiger partial charge in [-0.3, -0.25) is 4.79 Å². The molecule has 1 aliphatic rings. The van der Waals surface area contributed by atoms with Gasteiger partial charge in [0, 0.05) is 0 Å². The highest BCUT2D eigenvalue weighted by Gasteiger charge is 2.28. The molecule has 1 rings (SSSR count). The SMILES string of the molecule is CCOC(=O)C1CCNC[C@@H]1C. The number of ether oxygens (including phenoxy) is 1. The summed E-state index contributed by atoms with van der Waals surface area (Å²) in [7, 11) is 0. The molecule has 0 saturated carbocycles. The van der Waals surface area contributed by atoms with Crippen LogP contribution >= 0.6 is 0 Å². The van der Waals surface area contributed by atoms with Gasteiger partial charge in [0.05, 0.1) is 12.5 Å². The van der Waals surface area contributed by atoms with E-state index in [-0.39, 0.29) is 11.9 Å². The van der Waals surface area contributed by atoms with Gasteiger partial charge in [-0.1, -0.05) is 6.92 Å². The Labute approximate surface area is 73.5 Å². The number of rotatable bonds is 2. The van der Waals surface area contributed by atoms with Crippen molar-refractivity contribution in [3.63, 3.8) is 0 Å². The second-order valence-corrected chi connectivity index (χ2v) is 3.33. The second kappa shape index (κ2) is 4.45. The van der Waals surface area contributed by atoms with Gasteiger partial charge in [0.15, 0.2) is 0 Å². The minimum atomic E-state index is -0.0218. The van der Waals surface area contributed by atoms with Crippen LogP contribution in [0.2, 0.25) is 0 Å². The third kappa shape index (κ3) is 2.21. The molecule has 70 valence electrons. The van der Waals surface area contributed by atoms with Gasteiger partial charge in [0.25, 0.3) is 0 Å². The molecule has 1 saturated heterocycles. The van der Waals surface area contributed by atoms with Crippen molar-refractivity contribution in [2.75, 3.05) is 19.7 Å².